The van der Waals surface area contributed by atoms with E-state index in [9.17, 15) is 9.59 Å². The lowest BCUT2D eigenvalue weighted by atomic mass is 9.70. The van der Waals surface area contributed by atoms with Gasteiger partial charge in [-0.2, -0.15) is 0 Å². The quantitative estimate of drug-likeness (QED) is 0.561. The lowest BCUT2D eigenvalue weighted by Gasteiger charge is -2.32. The van der Waals surface area contributed by atoms with Crippen molar-refractivity contribution in [2.24, 2.45) is 11.3 Å². The Morgan fingerprint density at radius 3 is 2.50 bits per heavy atom. The maximum atomic E-state index is 11.3. The summed E-state index contributed by atoms with van der Waals surface area (Å²) >= 11 is 0. The second-order valence-corrected chi connectivity index (χ2v) is 4.44. The van der Waals surface area contributed by atoms with Gasteiger partial charge in [-0.3, -0.25) is 9.59 Å². The SMILES string of the molecule is CCC1CC(C)(C)CC(=O)C1=O. The van der Waals surface area contributed by atoms with E-state index in [0.717, 1.165) is 12.8 Å². The molecule has 1 saturated carbocycles. The molecule has 1 atom stereocenters. The fourth-order valence-electron chi connectivity index (χ4n) is 1.91. The Bertz CT molecular complexity index is 216. The molecule has 1 fully saturated rings. The van der Waals surface area contributed by atoms with Gasteiger partial charge in [-0.15, -0.1) is 0 Å². The van der Waals surface area contributed by atoms with Crippen molar-refractivity contribution in [3.05, 3.63) is 0 Å². The van der Waals surface area contributed by atoms with Crippen LogP contribution < -0.4 is 0 Å². The average molecular weight is 168 g/mol. The predicted octanol–water partition coefficient (Wildman–Crippen LogP) is 1.97. The highest BCUT2D eigenvalue weighted by molar-refractivity contribution is 6.38. The minimum Gasteiger partial charge on any atom is -0.291 e. The van der Waals surface area contributed by atoms with Crippen LogP contribution in [0.1, 0.15) is 40.0 Å². The van der Waals surface area contributed by atoms with Gasteiger partial charge >= 0.3 is 0 Å². The van der Waals surface area contributed by atoms with Crippen LogP contribution in [0.3, 0.4) is 0 Å². The third-order valence-electron chi connectivity index (χ3n) is 2.58. The van der Waals surface area contributed by atoms with Crippen LogP contribution >= 0.6 is 0 Å². The van der Waals surface area contributed by atoms with Gasteiger partial charge in [-0.1, -0.05) is 20.8 Å². The summed E-state index contributed by atoms with van der Waals surface area (Å²) in [6.45, 7) is 6.08. The standard InChI is InChI=1S/C10H16O2/c1-4-7-5-10(2,3)6-8(11)9(7)12/h7H,4-6H2,1-3H3. The van der Waals surface area contributed by atoms with Crippen molar-refractivity contribution in [1.29, 1.82) is 0 Å². The minimum atomic E-state index is -0.168. The van der Waals surface area contributed by atoms with Crippen molar-refractivity contribution < 1.29 is 9.59 Å². The van der Waals surface area contributed by atoms with Crippen LogP contribution in [0.15, 0.2) is 0 Å². The first-order chi connectivity index (χ1) is 5.46. The molecule has 68 valence electrons. The lowest BCUT2D eigenvalue weighted by molar-refractivity contribution is -0.143. The molecule has 2 heteroatoms. The molecule has 0 aromatic rings. The Morgan fingerprint density at radius 2 is 2.00 bits per heavy atom. The second kappa shape index (κ2) is 3.00. The molecule has 1 aliphatic rings. The predicted molar refractivity (Wildman–Crippen MR) is 46.8 cm³/mol. The van der Waals surface area contributed by atoms with Gasteiger partial charge in [0.15, 0.2) is 5.78 Å². The van der Waals surface area contributed by atoms with E-state index >= 15 is 0 Å². The first-order valence-electron chi connectivity index (χ1n) is 4.53. The molecule has 1 rings (SSSR count). The van der Waals surface area contributed by atoms with Crippen molar-refractivity contribution in [2.75, 3.05) is 0 Å². The van der Waals surface area contributed by atoms with E-state index in [1.54, 1.807) is 0 Å². The molecule has 0 N–H and O–H groups in total. The van der Waals surface area contributed by atoms with E-state index < -0.39 is 0 Å². The molecule has 0 spiro atoms. The van der Waals surface area contributed by atoms with Gasteiger partial charge in [0.2, 0.25) is 5.78 Å². The summed E-state index contributed by atoms with van der Waals surface area (Å²) in [7, 11) is 0. The van der Waals surface area contributed by atoms with Crippen LogP contribution in [0.2, 0.25) is 0 Å². The number of Topliss-reactive ketones (excluding diaryl/α,β-unsaturated/α-hetero) is 2. The molecular formula is C10H16O2. The highest BCUT2D eigenvalue weighted by atomic mass is 16.2. The fraction of sp³-hybridized carbons (Fsp3) is 0.800. The summed E-state index contributed by atoms with van der Waals surface area (Å²) < 4.78 is 0. The Balaban J connectivity index is 2.78. The van der Waals surface area contributed by atoms with Gasteiger partial charge in [-0.05, 0) is 18.3 Å². The second-order valence-electron chi connectivity index (χ2n) is 4.44. The highest BCUT2D eigenvalue weighted by Gasteiger charge is 2.38. The van der Waals surface area contributed by atoms with Crippen molar-refractivity contribution in [3.63, 3.8) is 0 Å². The van der Waals surface area contributed by atoms with Crippen LogP contribution in [0, 0.1) is 11.3 Å². The Hall–Kier alpha value is -0.660. The molecule has 2 nitrogen and oxygen atoms in total. The normalized spacial score (nSPS) is 29.1. The number of carbonyl (C=O) groups excluding carboxylic acids is 2. The first kappa shape index (κ1) is 9.43. The Labute approximate surface area is 73.3 Å². The topological polar surface area (TPSA) is 34.1 Å². The number of carbonyl (C=O) groups is 2. The zero-order valence-electron chi connectivity index (χ0n) is 8.02. The molecule has 12 heavy (non-hydrogen) atoms. The monoisotopic (exact) mass is 168 g/mol. The minimum absolute atomic E-state index is 0.0127. The van der Waals surface area contributed by atoms with Crippen LogP contribution in [-0.4, -0.2) is 11.6 Å². The summed E-state index contributed by atoms with van der Waals surface area (Å²) in [6.07, 6.45) is 2.10. The maximum absolute atomic E-state index is 11.3. The molecule has 1 aliphatic carbocycles. The van der Waals surface area contributed by atoms with Crippen molar-refractivity contribution >= 4 is 11.6 Å². The van der Waals surface area contributed by atoms with Gasteiger partial charge in [0.05, 0.1) is 0 Å². The summed E-state index contributed by atoms with van der Waals surface area (Å²) in [5, 5.41) is 0. The zero-order valence-corrected chi connectivity index (χ0v) is 8.02. The highest BCUT2D eigenvalue weighted by Crippen LogP contribution is 2.36. The van der Waals surface area contributed by atoms with Crippen LogP contribution in [0.25, 0.3) is 0 Å². The van der Waals surface area contributed by atoms with E-state index in [2.05, 4.69) is 13.8 Å². The van der Waals surface area contributed by atoms with Gasteiger partial charge < -0.3 is 0 Å². The number of ketones is 2. The van der Waals surface area contributed by atoms with Crippen molar-refractivity contribution in [2.45, 2.75) is 40.0 Å². The molecule has 0 amide bonds. The van der Waals surface area contributed by atoms with Gasteiger partial charge in [0.1, 0.15) is 0 Å². The molecule has 0 bridgehead atoms. The third kappa shape index (κ3) is 1.74. The lowest BCUT2D eigenvalue weighted by Crippen LogP contribution is -2.37. The van der Waals surface area contributed by atoms with E-state index in [4.69, 9.17) is 0 Å². The Kier molecular flexibility index (Phi) is 2.36. The molecule has 0 aliphatic heterocycles. The van der Waals surface area contributed by atoms with Gasteiger partial charge in [0, 0.05) is 12.3 Å². The van der Waals surface area contributed by atoms with Crippen LogP contribution in [0.4, 0.5) is 0 Å². The van der Waals surface area contributed by atoms with E-state index in [1.807, 2.05) is 6.92 Å². The van der Waals surface area contributed by atoms with E-state index in [-0.39, 0.29) is 22.9 Å². The number of rotatable bonds is 1. The van der Waals surface area contributed by atoms with Crippen LogP contribution in [0.5, 0.6) is 0 Å². The molecule has 0 heterocycles. The Morgan fingerprint density at radius 1 is 1.42 bits per heavy atom. The van der Waals surface area contributed by atoms with E-state index in [0.29, 0.717) is 6.42 Å². The van der Waals surface area contributed by atoms with Crippen LogP contribution in [-0.2, 0) is 9.59 Å². The summed E-state index contributed by atoms with van der Waals surface area (Å²) in [5.41, 5.74) is 0.0334. The smallest absolute Gasteiger partial charge is 0.201 e. The third-order valence-corrected chi connectivity index (χ3v) is 2.58. The number of hydrogen-bond acceptors (Lipinski definition) is 2. The zero-order chi connectivity index (χ0) is 9.35. The largest absolute Gasteiger partial charge is 0.291 e. The summed E-state index contributed by atoms with van der Waals surface area (Å²) in [4.78, 5) is 22.5. The first-order valence-corrected chi connectivity index (χ1v) is 4.53. The molecule has 0 radical (unpaired) electrons. The van der Waals surface area contributed by atoms with Crippen molar-refractivity contribution in [3.8, 4) is 0 Å². The summed E-state index contributed by atoms with van der Waals surface area (Å²) in [6, 6.07) is 0. The molecular weight excluding hydrogens is 152 g/mol. The fourth-order valence-corrected chi connectivity index (χ4v) is 1.91. The van der Waals surface area contributed by atoms with E-state index in [1.165, 1.54) is 0 Å². The van der Waals surface area contributed by atoms with Gasteiger partial charge in [-0.25, -0.2) is 0 Å². The van der Waals surface area contributed by atoms with Crippen molar-refractivity contribution in [1.82, 2.24) is 0 Å². The summed E-state index contributed by atoms with van der Waals surface area (Å²) in [5.74, 6) is -0.323. The number of hydrogen-bond donors (Lipinski definition) is 0. The average Bonchev–Trinajstić information content (AvgIpc) is 1.96. The maximum Gasteiger partial charge on any atom is 0.201 e. The molecule has 0 aromatic heterocycles. The molecule has 0 saturated heterocycles. The molecule has 0 aromatic carbocycles. The molecule has 1 unspecified atom stereocenters. The van der Waals surface area contributed by atoms with Gasteiger partial charge in [0.25, 0.3) is 0 Å².